The molecule has 0 aromatic heterocycles. The number of likely N-dealkylation sites (tertiary alicyclic amines) is 1. The molecule has 0 spiro atoms. The molecule has 4 nitrogen and oxygen atoms in total. The van der Waals surface area contributed by atoms with E-state index in [1.807, 2.05) is 0 Å². The number of allylic oxidation sites excluding steroid dienone is 2. The molecule has 1 saturated heterocycles. The first-order chi connectivity index (χ1) is 13.8. The van der Waals surface area contributed by atoms with E-state index in [0.717, 1.165) is 50.9 Å². The molecule has 1 unspecified atom stereocenters. The third-order valence-electron chi connectivity index (χ3n) is 5.50. The van der Waals surface area contributed by atoms with Crippen LogP contribution in [0.3, 0.4) is 0 Å². The van der Waals surface area contributed by atoms with E-state index in [4.69, 9.17) is 4.74 Å². The molecule has 0 radical (unpaired) electrons. The number of rotatable bonds is 6. The van der Waals surface area contributed by atoms with E-state index in [-0.39, 0.29) is 24.3 Å². The quantitative estimate of drug-likeness (QED) is 0.762. The van der Waals surface area contributed by atoms with Crippen molar-refractivity contribution < 1.29 is 22.7 Å². The topological polar surface area (TPSA) is 41.6 Å². The average Bonchev–Trinajstić information content (AvgIpc) is 2.72. The van der Waals surface area contributed by atoms with Gasteiger partial charge in [-0.25, -0.2) is 0 Å². The van der Waals surface area contributed by atoms with Gasteiger partial charge >= 0.3 is 6.18 Å². The number of nitrogens with zero attached hydrogens (tertiary/aromatic N) is 1. The fourth-order valence-electron chi connectivity index (χ4n) is 3.74. The number of piperidine rings is 1. The molecule has 0 saturated carbocycles. The van der Waals surface area contributed by atoms with Crippen molar-refractivity contribution in [1.29, 1.82) is 0 Å². The van der Waals surface area contributed by atoms with E-state index < -0.39 is 11.7 Å². The molecular weight excluding hydrogens is 381 g/mol. The summed E-state index contributed by atoms with van der Waals surface area (Å²) in [6, 6.07) is 4.82. The van der Waals surface area contributed by atoms with Gasteiger partial charge in [0.2, 0.25) is 0 Å². The standard InChI is InChI=1S/C22H27F3N2O2/c1-16(17-5-3-2-4-6-17)27-13-11-19(12-14-27)26-21(28)15-29-20-9-7-18(8-10-20)22(23,24)25/h3,5-10,16,19H,2,4,11-15H2,1H3,(H,26,28). The molecule has 158 valence electrons. The maximum Gasteiger partial charge on any atom is 0.416 e. The number of hydrogen-bond acceptors (Lipinski definition) is 3. The first-order valence-electron chi connectivity index (χ1n) is 10.0. The second-order valence-corrected chi connectivity index (χ2v) is 7.55. The highest BCUT2D eigenvalue weighted by Crippen LogP contribution is 2.30. The Morgan fingerprint density at radius 3 is 2.48 bits per heavy atom. The molecule has 1 heterocycles. The van der Waals surface area contributed by atoms with E-state index in [1.165, 1.54) is 17.7 Å². The number of carbonyl (C=O) groups excluding carboxylic acids is 1. The summed E-state index contributed by atoms with van der Waals surface area (Å²) in [5.41, 5.74) is 0.624. The zero-order valence-corrected chi connectivity index (χ0v) is 16.5. The summed E-state index contributed by atoms with van der Waals surface area (Å²) in [5.74, 6) is -0.0140. The molecule has 1 aliphatic heterocycles. The van der Waals surface area contributed by atoms with E-state index >= 15 is 0 Å². The van der Waals surface area contributed by atoms with Crippen molar-refractivity contribution in [2.24, 2.45) is 0 Å². The summed E-state index contributed by atoms with van der Waals surface area (Å²) >= 11 is 0. The monoisotopic (exact) mass is 408 g/mol. The summed E-state index contributed by atoms with van der Waals surface area (Å²) in [4.78, 5) is 14.6. The van der Waals surface area contributed by atoms with Crippen LogP contribution in [0, 0.1) is 0 Å². The Balaban J connectivity index is 1.39. The van der Waals surface area contributed by atoms with Crippen LogP contribution in [0.4, 0.5) is 13.2 Å². The molecule has 1 aromatic rings. The van der Waals surface area contributed by atoms with Crippen molar-refractivity contribution >= 4 is 5.91 Å². The van der Waals surface area contributed by atoms with Crippen LogP contribution < -0.4 is 10.1 Å². The largest absolute Gasteiger partial charge is 0.484 e. The minimum absolute atomic E-state index is 0.0954. The van der Waals surface area contributed by atoms with Gasteiger partial charge in [-0.2, -0.15) is 13.2 Å². The van der Waals surface area contributed by atoms with Crippen molar-refractivity contribution in [2.45, 2.75) is 50.9 Å². The second kappa shape index (κ2) is 9.48. The fourth-order valence-corrected chi connectivity index (χ4v) is 3.74. The highest BCUT2D eigenvalue weighted by atomic mass is 19.4. The van der Waals surface area contributed by atoms with E-state index in [9.17, 15) is 18.0 Å². The summed E-state index contributed by atoms with van der Waals surface area (Å²) in [7, 11) is 0. The van der Waals surface area contributed by atoms with Crippen LogP contribution in [-0.4, -0.2) is 42.6 Å². The van der Waals surface area contributed by atoms with Gasteiger partial charge in [-0.1, -0.05) is 18.2 Å². The molecule has 2 aliphatic rings. The van der Waals surface area contributed by atoms with Crippen molar-refractivity contribution in [3.05, 3.63) is 53.6 Å². The lowest BCUT2D eigenvalue weighted by atomic mass is 9.97. The number of amides is 1. The van der Waals surface area contributed by atoms with Crippen molar-refractivity contribution in [3.63, 3.8) is 0 Å². The minimum Gasteiger partial charge on any atom is -0.484 e. The number of nitrogens with one attached hydrogen (secondary N) is 1. The Hall–Kier alpha value is -2.28. The van der Waals surface area contributed by atoms with Gasteiger partial charge in [0.15, 0.2) is 6.61 Å². The van der Waals surface area contributed by atoms with Gasteiger partial charge in [0.1, 0.15) is 5.75 Å². The van der Waals surface area contributed by atoms with Crippen LogP contribution >= 0.6 is 0 Å². The van der Waals surface area contributed by atoms with Gasteiger partial charge in [0.25, 0.3) is 5.91 Å². The maximum absolute atomic E-state index is 12.6. The van der Waals surface area contributed by atoms with E-state index in [2.05, 4.69) is 35.4 Å². The Bertz CT molecular complexity index is 748. The molecular formula is C22H27F3N2O2. The lowest BCUT2D eigenvalue weighted by molar-refractivity contribution is -0.137. The average molecular weight is 408 g/mol. The van der Waals surface area contributed by atoms with Crippen molar-refractivity contribution in [2.75, 3.05) is 19.7 Å². The van der Waals surface area contributed by atoms with Crippen molar-refractivity contribution in [3.8, 4) is 5.75 Å². The molecule has 1 aliphatic carbocycles. The number of alkyl halides is 3. The molecule has 29 heavy (non-hydrogen) atoms. The van der Waals surface area contributed by atoms with Gasteiger partial charge in [0, 0.05) is 25.2 Å². The van der Waals surface area contributed by atoms with Gasteiger partial charge in [-0.3, -0.25) is 9.69 Å². The minimum atomic E-state index is -4.38. The Kier molecular flexibility index (Phi) is 7.00. The number of benzene rings is 1. The SMILES string of the molecule is CC(C1=CCCC=C1)N1CCC(NC(=O)COc2ccc(C(F)(F)F)cc2)CC1. The van der Waals surface area contributed by atoms with Crippen LogP contribution in [0.2, 0.25) is 0 Å². The lowest BCUT2D eigenvalue weighted by Crippen LogP contribution is -2.48. The molecule has 1 N–H and O–H groups in total. The van der Waals surface area contributed by atoms with Crippen LogP contribution in [-0.2, 0) is 11.0 Å². The highest BCUT2D eigenvalue weighted by molar-refractivity contribution is 5.77. The number of ether oxygens (including phenoxy) is 1. The molecule has 7 heteroatoms. The number of hydrogen-bond donors (Lipinski definition) is 1. The van der Waals surface area contributed by atoms with Crippen LogP contribution in [0.25, 0.3) is 0 Å². The molecule has 3 rings (SSSR count). The number of carbonyl (C=O) groups is 1. The Morgan fingerprint density at radius 2 is 1.90 bits per heavy atom. The highest BCUT2D eigenvalue weighted by Gasteiger charge is 2.30. The molecule has 0 bridgehead atoms. The first kappa shape index (κ1) is 21.4. The first-order valence-corrected chi connectivity index (χ1v) is 10.0. The molecule has 1 fully saturated rings. The predicted molar refractivity (Wildman–Crippen MR) is 106 cm³/mol. The van der Waals surface area contributed by atoms with Gasteiger partial charge in [-0.15, -0.1) is 0 Å². The summed E-state index contributed by atoms with van der Waals surface area (Å²) in [6.45, 7) is 3.84. The maximum atomic E-state index is 12.6. The Morgan fingerprint density at radius 1 is 1.21 bits per heavy atom. The third-order valence-corrected chi connectivity index (χ3v) is 5.50. The van der Waals surface area contributed by atoms with Crippen LogP contribution in [0.1, 0.15) is 38.2 Å². The number of halogens is 3. The van der Waals surface area contributed by atoms with Crippen LogP contribution in [0.5, 0.6) is 5.75 Å². The predicted octanol–water partition coefficient (Wildman–Crippen LogP) is 4.33. The van der Waals surface area contributed by atoms with E-state index in [0.29, 0.717) is 6.04 Å². The summed E-state index contributed by atoms with van der Waals surface area (Å²) in [5, 5.41) is 2.96. The fraction of sp³-hybridized carbons (Fsp3) is 0.500. The van der Waals surface area contributed by atoms with Crippen molar-refractivity contribution in [1.82, 2.24) is 10.2 Å². The molecule has 1 aromatic carbocycles. The van der Waals surface area contributed by atoms with Crippen LogP contribution in [0.15, 0.2) is 48.1 Å². The normalized spacial score (nSPS) is 19.5. The lowest BCUT2D eigenvalue weighted by Gasteiger charge is -2.37. The molecule has 1 amide bonds. The zero-order valence-electron chi connectivity index (χ0n) is 16.5. The Labute approximate surface area is 169 Å². The summed E-state index contributed by atoms with van der Waals surface area (Å²) < 4.78 is 43.0. The van der Waals surface area contributed by atoms with Gasteiger partial charge in [-0.05, 0) is 62.4 Å². The molecule has 1 atom stereocenters. The van der Waals surface area contributed by atoms with E-state index in [1.54, 1.807) is 0 Å². The third kappa shape index (κ3) is 6.10. The second-order valence-electron chi connectivity index (χ2n) is 7.55. The van der Waals surface area contributed by atoms with Gasteiger partial charge < -0.3 is 10.1 Å². The van der Waals surface area contributed by atoms with Gasteiger partial charge in [0.05, 0.1) is 5.56 Å². The summed E-state index contributed by atoms with van der Waals surface area (Å²) in [6.07, 6.45) is 6.29. The smallest absolute Gasteiger partial charge is 0.416 e. The zero-order chi connectivity index (χ0) is 20.9.